The van der Waals surface area contributed by atoms with Crippen molar-refractivity contribution >= 4 is 34.1 Å². The van der Waals surface area contributed by atoms with Crippen molar-refractivity contribution in [3.8, 4) is 22.6 Å². The normalized spacial score (nSPS) is 10.9. The summed E-state index contributed by atoms with van der Waals surface area (Å²) < 4.78 is 6.90. The van der Waals surface area contributed by atoms with E-state index in [1.165, 1.54) is 0 Å². The lowest BCUT2D eigenvalue weighted by Gasteiger charge is -2.11. The van der Waals surface area contributed by atoms with Crippen LogP contribution >= 0.6 is 11.6 Å². The van der Waals surface area contributed by atoms with Gasteiger partial charge in [-0.2, -0.15) is 5.10 Å². The number of hydrogen-bond acceptors (Lipinski definition) is 6. The predicted molar refractivity (Wildman–Crippen MR) is 117 cm³/mol. The first-order valence-corrected chi connectivity index (χ1v) is 9.48. The van der Waals surface area contributed by atoms with E-state index in [0.29, 0.717) is 38.6 Å². The molecule has 0 saturated carbocycles. The number of nitrogens with zero attached hydrogens (tertiary/aromatic N) is 4. The van der Waals surface area contributed by atoms with Crippen LogP contribution in [0.1, 0.15) is 5.69 Å². The van der Waals surface area contributed by atoms with Crippen LogP contribution in [-0.2, 0) is 0 Å². The lowest BCUT2D eigenvalue weighted by Crippen LogP contribution is -2.04. The maximum absolute atomic E-state index is 12.0. The molecule has 0 fully saturated rings. The molecule has 30 heavy (non-hydrogen) atoms. The molecule has 2 aromatic carbocycles. The number of anilines is 1. The van der Waals surface area contributed by atoms with Gasteiger partial charge in [-0.15, -0.1) is 0 Å². The predicted octanol–water partition coefficient (Wildman–Crippen LogP) is 5.01. The van der Waals surface area contributed by atoms with Crippen LogP contribution in [0.3, 0.4) is 0 Å². The maximum atomic E-state index is 12.0. The number of ether oxygens (including phenoxy) is 1. The molecule has 0 unspecified atom stereocenters. The Morgan fingerprint density at radius 1 is 1.13 bits per heavy atom. The van der Waals surface area contributed by atoms with E-state index < -0.39 is 4.92 Å². The first-order chi connectivity index (χ1) is 14.4. The van der Waals surface area contributed by atoms with Crippen LogP contribution in [-0.4, -0.2) is 33.8 Å². The van der Waals surface area contributed by atoms with Crippen molar-refractivity contribution in [2.75, 3.05) is 19.5 Å². The minimum absolute atomic E-state index is 0.107. The molecule has 2 aromatic heterocycles. The van der Waals surface area contributed by atoms with Crippen LogP contribution in [0.15, 0.2) is 48.5 Å². The van der Waals surface area contributed by atoms with Gasteiger partial charge in [-0.25, -0.2) is 9.67 Å². The number of nitro groups is 1. The first kappa shape index (κ1) is 19.7. The van der Waals surface area contributed by atoms with Crippen molar-refractivity contribution in [1.29, 1.82) is 0 Å². The number of pyridine rings is 1. The molecular formula is C21H18ClN5O3. The van der Waals surface area contributed by atoms with Gasteiger partial charge in [0.25, 0.3) is 0 Å². The van der Waals surface area contributed by atoms with E-state index in [2.05, 4.69) is 15.4 Å². The van der Waals surface area contributed by atoms with Crippen molar-refractivity contribution in [3.05, 3.63) is 69.4 Å². The van der Waals surface area contributed by atoms with Crippen molar-refractivity contribution in [2.45, 2.75) is 6.92 Å². The second-order valence-electron chi connectivity index (χ2n) is 6.59. The van der Waals surface area contributed by atoms with Crippen LogP contribution in [0.25, 0.3) is 27.8 Å². The third kappa shape index (κ3) is 3.21. The zero-order valence-electron chi connectivity index (χ0n) is 16.5. The van der Waals surface area contributed by atoms with E-state index >= 15 is 0 Å². The lowest BCUT2D eigenvalue weighted by atomic mass is 10.00. The second kappa shape index (κ2) is 7.64. The summed E-state index contributed by atoms with van der Waals surface area (Å²) in [5.41, 5.74) is 2.90. The van der Waals surface area contributed by atoms with E-state index in [0.717, 1.165) is 5.69 Å². The average molecular weight is 424 g/mol. The SMILES string of the molecule is CNc1nc2c(c(C)nn2-c2ccc(OC)cc2)c(-c2ccc(Cl)cc2)c1[N+](=O)[O-]. The van der Waals surface area contributed by atoms with Crippen LogP contribution in [0.4, 0.5) is 11.5 Å². The van der Waals surface area contributed by atoms with Gasteiger partial charge < -0.3 is 10.1 Å². The van der Waals surface area contributed by atoms with Crippen LogP contribution in [0.5, 0.6) is 5.75 Å². The Hall–Kier alpha value is -3.65. The van der Waals surface area contributed by atoms with Crippen LogP contribution < -0.4 is 10.1 Å². The smallest absolute Gasteiger partial charge is 0.319 e. The highest BCUT2D eigenvalue weighted by Crippen LogP contribution is 2.42. The summed E-state index contributed by atoms with van der Waals surface area (Å²) in [5.74, 6) is 0.875. The molecule has 4 rings (SSSR count). The molecule has 1 N–H and O–H groups in total. The molecule has 9 heteroatoms. The molecule has 0 amide bonds. The summed E-state index contributed by atoms with van der Waals surface area (Å²) in [6.07, 6.45) is 0. The van der Waals surface area contributed by atoms with Gasteiger partial charge in [0.2, 0.25) is 5.82 Å². The summed E-state index contributed by atoms with van der Waals surface area (Å²) in [6, 6.07) is 14.3. The topological polar surface area (TPSA) is 95.1 Å². The molecule has 8 nitrogen and oxygen atoms in total. The van der Waals surface area contributed by atoms with Crippen molar-refractivity contribution in [1.82, 2.24) is 14.8 Å². The number of nitrogens with one attached hydrogen (secondary N) is 1. The van der Waals surface area contributed by atoms with Gasteiger partial charge in [0.05, 0.1) is 34.4 Å². The fourth-order valence-corrected chi connectivity index (χ4v) is 3.59. The fraction of sp³-hybridized carbons (Fsp3) is 0.143. The summed E-state index contributed by atoms with van der Waals surface area (Å²) in [4.78, 5) is 16.1. The largest absolute Gasteiger partial charge is 0.497 e. The van der Waals surface area contributed by atoms with E-state index in [1.54, 1.807) is 43.1 Å². The molecule has 0 aliphatic heterocycles. The van der Waals surface area contributed by atoms with Gasteiger partial charge >= 0.3 is 5.69 Å². The quantitative estimate of drug-likeness (QED) is 0.358. The van der Waals surface area contributed by atoms with Crippen LogP contribution in [0.2, 0.25) is 5.02 Å². The lowest BCUT2D eigenvalue weighted by molar-refractivity contribution is -0.383. The summed E-state index contributed by atoms with van der Waals surface area (Å²) >= 11 is 6.03. The van der Waals surface area contributed by atoms with Gasteiger partial charge in [0.1, 0.15) is 5.75 Å². The molecule has 2 heterocycles. The number of fused-ring (bicyclic) bond motifs is 1. The molecule has 0 radical (unpaired) electrons. The highest BCUT2D eigenvalue weighted by molar-refractivity contribution is 6.30. The number of halogens is 1. The van der Waals surface area contributed by atoms with Gasteiger partial charge in [0, 0.05) is 12.1 Å². The van der Waals surface area contributed by atoms with Gasteiger partial charge in [-0.05, 0) is 48.9 Å². The summed E-state index contributed by atoms with van der Waals surface area (Å²) in [6.45, 7) is 1.81. The summed E-state index contributed by atoms with van der Waals surface area (Å²) in [5, 5.41) is 20.6. The molecule has 0 atom stereocenters. The van der Waals surface area contributed by atoms with E-state index in [9.17, 15) is 10.1 Å². The standard InChI is InChI=1S/C21H18ClN5O3/c1-12-17-18(13-4-6-14(22)7-5-13)19(27(28)29)20(23-2)24-21(17)26(25-12)15-8-10-16(30-3)11-9-15/h4-11H,1-3H3,(H,23,24). The molecule has 0 saturated heterocycles. The molecular weight excluding hydrogens is 406 g/mol. The fourth-order valence-electron chi connectivity index (χ4n) is 3.46. The second-order valence-corrected chi connectivity index (χ2v) is 7.03. The number of hydrogen-bond donors (Lipinski definition) is 1. The zero-order valence-corrected chi connectivity index (χ0v) is 17.3. The Balaban J connectivity index is 2.09. The highest BCUT2D eigenvalue weighted by atomic mass is 35.5. The van der Waals surface area contributed by atoms with Gasteiger partial charge in [-0.3, -0.25) is 10.1 Å². The number of methoxy groups -OCH3 is 1. The average Bonchev–Trinajstić information content (AvgIpc) is 3.09. The van der Waals surface area contributed by atoms with Gasteiger partial charge in [0.15, 0.2) is 5.65 Å². The number of aryl methyl sites for hydroxylation is 1. The zero-order chi connectivity index (χ0) is 21.4. The summed E-state index contributed by atoms with van der Waals surface area (Å²) in [7, 11) is 3.20. The maximum Gasteiger partial charge on any atom is 0.319 e. The monoisotopic (exact) mass is 423 g/mol. The molecule has 0 bridgehead atoms. The van der Waals surface area contributed by atoms with Crippen molar-refractivity contribution in [2.24, 2.45) is 0 Å². The Morgan fingerprint density at radius 2 is 1.80 bits per heavy atom. The Labute approximate surface area is 177 Å². The molecule has 0 aliphatic rings. The van der Waals surface area contributed by atoms with E-state index in [1.807, 2.05) is 31.2 Å². The first-order valence-electron chi connectivity index (χ1n) is 9.10. The van der Waals surface area contributed by atoms with Crippen molar-refractivity contribution < 1.29 is 9.66 Å². The Bertz CT molecular complexity index is 1250. The minimum atomic E-state index is -0.424. The number of rotatable bonds is 5. The Morgan fingerprint density at radius 3 is 2.37 bits per heavy atom. The minimum Gasteiger partial charge on any atom is -0.497 e. The van der Waals surface area contributed by atoms with Crippen LogP contribution in [0, 0.1) is 17.0 Å². The van der Waals surface area contributed by atoms with E-state index in [4.69, 9.17) is 16.3 Å². The van der Waals surface area contributed by atoms with E-state index in [-0.39, 0.29) is 11.5 Å². The molecule has 0 aliphatic carbocycles. The molecule has 4 aromatic rings. The third-order valence-electron chi connectivity index (χ3n) is 4.83. The van der Waals surface area contributed by atoms with Crippen molar-refractivity contribution in [3.63, 3.8) is 0 Å². The number of benzene rings is 2. The number of aromatic nitrogens is 3. The molecule has 0 spiro atoms. The third-order valence-corrected chi connectivity index (χ3v) is 5.09. The Kier molecular flexibility index (Phi) is 5.01. The molecule has 152 valence electrons. The highest BCUT2D eigenvalue weighted by Gasteiger charge is 2.29. The van der Waals surface area contributed by atoms with Gasteiger partial charge in [-0.1, -0.05) is 23.7 Å².